The Balaban J connectivity index is 1.84. The first kappa shape index (κ1) is 13.6. The normalized spacial score (nSPS) is 24.1. The van der Waals surface area contributed by atoms with Gasteiger partial charge in [-0.2, -0.15) is 0 Å². The largest absolute Gasteiger partial charge is 0.347 e. The molecule has 0 amide bonds. The lowest BCUT2D eigenvalue weighted by Crippen LogP contribution is -2.39. The molecule has 2 unspecified atom stereocenters. The predicted molar refractivity (Wildman–Crippen MR) is 72.9 cm³/mol. The van der Waals surface area contributed by atoms with Gasteiger partial charge in [0.15, 0.2) is 0 Å². The van der Waals surface area contributed by atoms with Gasteiger partial charge in [-0.25, -0.2) is 9.78 Å². The molecule has 1 aromatic heterocycles. The van der Waals surface area contributed by atoms with E-state index >= 15 is 0 Å². The quantitative estimate of drug-likeness (QED) is 0.910. The average Bonchev–Trinajstić information content (AvgIpc) is 2.36. The van der Waals surface area contributed by atoms with Crippen LogP contribution in [0.5, 0.6) is 0 Å². The monoisotopic (exact) mass is 269 g/mol. The van der Waals surface area contributed by atoms with Crippen molar-refractivity contribution in [2.24, 2.45) is 5.92 Å². The Morgan fingerprint density at radius 1 is 1.50 bits per heavy atom. The van der Waals surface area contributed by atoms with Gasteiger partial charge < -0.3 is 5.32 Å². The van der Waals surface area contributed by atoms with Crippen LogP contribution in [0.4, 0.5) is 0 Å². The molecule has 18 heavy (non-hydrogen) atoms. The Kier molecular flexibility index (Phi) is 4.78. The Morgan fingerprint density at radius 3 is 3.06 bits per heavy atom. The van der Waals surface area contributed by atoms with Gasteiger partial charge in [0.05, 0.1) is 11.2 Å². The van der Waals surface area contributed by atoms with E-state index in [-0.39, 0.29) is 5.69 Å². The second kappa shape index (κ2) is 6.34. The Labute approximate surface area is 112 Å². The fraction of sp³-hybridized carbons (Fsp3) is 0.692. The first-order valence-electron chi connectivity index (χ1n) is 6.62. The lowest BCUT2D eigenvalue weighted by atomic mass is 9.86. The van der Waals surface area contributed by atoms with E-state index in [1.54, 1.807) is 10.8 Å². The van der Waals surface area contributed by atoms with E-state index in [2.05, 4.69) is 17.2 Å². The topological polar surface area (TPSA) is 46.9 Å². The lowest BCUT2D eigenvalue weighted by Gasteiger charge is -2.29. The number of hydrogen-bond acceptors (Lipinski definition) is 3. The summed E-state index contributed by atoms with van der Waals surface area (Å²) in [5, 5.41) is 4.04. The predicted octanol–water partition coefficient (Wildman–Crippen LogP) is 2.06. The molecule has 0 bridgehead atoms. The second-order valence-electron chi connectivity index (χ2n) is 5.07. The molecule has 0 radical (unpaired) electrons. The van der Waals surface area contributed by atoms with Crippen molar-refractivity contribution in [2.45, 2.75) is 45.2 Å². The summed E-state index contributed by atoms with van der Waals surface area (Å²) in [7, 11) is 0. The van der Waals surface area contributed by atoms with Crippen LogP contribution in [0.1, 0.15) is 32.6 Å². The second-order valence-corrected chi connectivity index (χ2v) is 5.51. The Morgan fingerprint density at radius 2 is 2.28 bits per heavy atom. The molecule has 0 aromatic carbocycles. The molecule has 5 heteroatoms. The molecule has 2 rings (SSSR count). The average molecular weight is 270 g/mol. The van der Waals surface area contributed by atoms with Crippen LogP contribution in [0, 0.1) is 5.92 Å². The molecule has 0 aliphatic heterocycles. The van der Waals surface area contributed by atoms with Gasteiger partial charge in [-0.3, -0.25) is 4.57 Å². The summed E-state index contributed by atoms with van der Waals surface area (Å²) in [6, 6.07) is 0.585. The lowest BCUT2D eigenvalue weighted by molar-refractivity contribution is 0.278. The van der Waals surface area contributed by atoms with Crippen LogP contribution in [0.2, 0.25) is 5.02 Å². The number of halogens is 1. The molecular formula is C13H20ClN3O. The van der Waals surface area contributed by atoms with Crippen molar-refractivity contribution in [3.8, 4) is 0 Å². The third kappa shape index (κ3) is 3.56. The highest BCUT2D eigenvalue weighted by Gasteiger charge is 2.20. The van der Waals surface area contributed by atoms with Crippen molar-refractivity contribution in [1.29, 1.82) is 0 Å². The summed E-state index contributed by atoms with van der Waals surface area (Å²) >= 11 is 5.82. The van der Waals surface area contributed by atoms with Crippen molar-refractivity contribution >= 4 is 11.6 Å². The summed E-state index contributed by atoms with van der Waals surface area (Å²) in [5.41, 5.74) is -0.238. The molecule has 1 aromatic rings. The molecule has 1 fully saturated rings. The summed E-state index contributed by atoms with van der Waals surface area (Å²) in [5.74, 6) is 0.730. The molecule has 0 spiro atoms. The number of aromatic nitrogens is 2. The van der Waals surface area contributed by atoms with E-state index in [9.17, 15) is 4.79 Å². The molecule has 100 valence electrons. The third-order valence-corrected chi connectivity index (χ3v) is 3.89. The smallest absolute Gasteiger partial charge is 0.312 e. The highest BCUT2D eigenvalue weighted by atomic mass is 35.5. The molecule has 1 aliphatic carbocycles. The fourth-order valence-electron chi connectivity index (χ4n) is 2.58. The number of nitrogens with one attached hydrogen (secondary N) is 1. The van der Waals surface area contributed by atoms with Crippen molar-refractivity contribution in [3.63, 3.8) is 0 Å². The zero-order valence-electron chi connectivity index (χ0n) is 10.7. The van der Waals surface area contributed by atoms with Gasteiger partial charge in [-0.1, -0.05) is 31.4 Å². The van der Waals surface area contributed by atoms with Gasteiger partial charge in [0, 0.05) is 25.3 Å². The molecule has 1 saturated carbocycles. The Hall–Kier alpha value is -0.870. The summed E-state index contributed by atoms with van der Waals surface area (Å²) in [6.45, 7) is 3.70. The molecule has 1 N–H and O–H groups in total. The van der Waals surface area contributed by atoms with Crippen LogP contribution in [0.15, 0.2) is 17.2 Å². The minimum absolute atomic E-state index is 0.238. The van der Waals surface area contributed by atoms with Gasteiger partial charge in [0.25, 0.3) is 0 Å². The standard InChI is InChI=1S/C13H20ClN3O/c1-10-4-2-3-5-12(10)15-6-7-17-9-11(14)8-16-13(17)18/h8-10,12,15H,2-7H2,1H3. The van der Waals surface area contributed by atoms with E-state index in [1.807, 2.05) is 0 Å². The summed E-state index contributed by atoms with van der Waals surface area (Å²) < 4.78 is 1.56. The first-order chi connectivity index (χ1) is 8.66. The fourth-order valence-corrected chi connectivity index (χ4v) is 2.75. The molecule has 2 atom stereocenters. The van der Waals surface area contributed by atoms with Crippen LogP contribution >= 0.6 is 11.6 Å². The van der Waals surface area contributed by atoms with E-state index in [4.69, 9.17) is 11.6 Å². The van der Waals surface area contributed by atoms with Gasteiger partial charge in [0.2, 0.25) is 0 Å². The van der Waals surface area contributed by atoms with Crippen molar-refractivity contribution in [1.82, 2.24) is 14.9 Å². The molecular weight excluding hydrogens is 250 g/mol. The van der Waals surface area contributed by atoms with Gasteiger partial charge in [0.1, 0.15) is 0 Å². The van der Waals surface area contributed by atoms with E-state index < -0.39 is 0 Å². The van der Waals surface area contributed by atoms with Crippen molar-refractivity contribution < 1.29 is 0 Å². The molecule has 1 aliphatic rings. The first-order valence-corrected chi connectivity index (χ1v) is 7.00. The third-order valence-electron chi connectivity index (χ3n) is 3.69. The maximum Gasteiger partial charge on any atom is 0.347 e. The summed E-state index contributed by atoms with van der Waals surface area (Å²) in [4.78, 5) is 15.2. The maximum absolute atomic E-state index is 11.5. The van der Waals surface area contributed by atoms with Gasteiger partial charge >= 0.3 is 5.69 Å². The number of hydrogen-bond donors (Lipinski definition) is 1. The maximum atomic E-state index is 11.5. The zero-order chi connectivity index (χ0) is 13.0. The van der Waals surface area contributed by atoms with E-state index in [1.165, 1.54) is 31.9 Å². The van der Waals surface area contributed by atoms with Crippen LogP contribution in [0.3, 0.4) is 0 Å². The van der Waals surface area contributed by atoms with Crippen molar-refractivity contribution in [2.75, 3.05) is 6.54 Å². The van der Waals surface area contributed by atoms with Gasteiger partial charge in [-0.05, 0) is 18.8 Å². The van der Waals surface area contributed by atoms with Crippen LogP contribution in [0.25, 0.3) is 0 Å². The SMILES string of the molecule is CC1CCCCC1NCCn1cc(Cl)cnc1=O. The van der Waals surface area contributed by atoms with Crippen molar-refractivity contribution in [3.05, 3.63) is 27.9 Å². The van der Waals surface area contributed by atoms with Gasteiger partial charge in [-0.15, -0.1) is 0 Å². The number of nitrogens with zero attached hydrogens (tertiary/aromatic N) is 2. The van der Waals surface area contributed by atoms with E-state index in [0.717, 1.165) is 12.5 Å². The van der Waals surface area contributed by atoms with E-state index in [0.29, 0.717) is 17.6 Å². The minimum Gasteiger partial charge on any atom is -0.312 e. The van der Waals surface area contributed by atoms with Crippen LogP contribution in [-0.2, 0) is 6.54 Å². The summed E-state index contributed by atoms with van der Waals surface area (Å²) in [6.07, 6.45) is 8.22. The molecule has 4 nitrogen and oxygen atoms in total. The van der Waals surface area contributed by atoms with Crippen LogP contribution < -0.4 is 11.0 Å². The highest BCUT2D eigenvalue weighted by molar-refractivity contribution is 6.30. The van der Waals surface area contributed by atoms with Crippen LogP contribution in [-0.4, -0.2) is 22.1 Å². The highest BCUT2D eigenvalue weighted by Crippen LogP contribution is 2.23. The minimum atomic E-state index is -0.238. The molecule has 1 heterocycles. The number of rotatable bonds is 4. The molecule has 0 saturated heterocycles. The Bertz CT molecular complexity index is 446. The zero-order valence-corrected chi connectivity index (χ0v) is 11.5.